The number of carbonyl (C=O) groups is 1. The molecule has 0 fully saturated rings. The molecule has 0 spiro atoms. The first-order chi connectivity index (χ1) is 8.29. The molecule has 4 nitrogen and oxygen atoms in total. The van der Waals surface area contributed by atoms with Crippen LogP contribution < -0.4 is 10.1 Å². The van der Waals surface area contributed by atoms with Crippen molar-refractivity contribution >= 4 is 16.8 Å². The number of aromatic amines is 1. The van der Waals surface area contributed by atoms with E-state index in [4.69, 9.17) is 4.74 Å². The van der Waals surface area contributed by atoms with Gasteiger partial charge in [-0.2, -0.15) is 0 Å². The molecule has 1 heterocycles. The van der Waals surface area contributed by atoms with Gasteiger partial charge in [-0.1, -0.05) is 0 Å². The van der Waals surface area contributed by atoms with Crippen molar-refractivity contribution in [3.63, 3.8) is 0 Å². The van der Waals surface area contributed by atoms with E-state index in [0.29, 0.717) is 13.0 Å². The fraction of sp³-hybridized carbons (Fsp3) is 0.308. The van der Waals surface area contributed by atoms with E-state index < -0.39 is 0 Å². The highest BCUT2D eigenvalue weighted by Gasteiger charge is 2.00. The molecule has 0 radical (unpaired) electrons. The standard InChI is InChI=1S/C13H16N2O2/c1-14-13(16)3-2-8-17-11-4-5-12-10(9-11)6-7-15-12/h4-7,9,15H,2-3,8H2,1H3,(H,14,16). The van der Waals surface area contributed by atoms with Gasteiger partial charge in [-0.05, 0) is 30.7 Å². The molecular weight excluding hydrogens is 216 g/mol. The number of benzene rings is 1. The Bertz CT molecular complexity index is 505. The first-order valence-corrected chi connectivity index (χ1v) is 5.70. The summed E-state index contributed by atoms with van der Waals surface area (Å²) in [5, 5.41) is 3.72. The van der Waals surface area contributed by atoms with Crippen LogP contribution in [0.15, 0.2) is 30.5 Å². The second kappa shape index (κ2) is 5.39. The monoisotopic (exact) mass is 232 g/mol. The number of H-pyrrole nitrogens is 1. The average molecular weight is 232 g/mol. The minimum atomic E-state index is 0.0506. The fourth-order valence-corrected chi connectivity index (χ4v) is 1.67. The van der Waals surface area contributed by atoms with E-state index in [9.17, 15) is 4.79 Å². The molecule has 4 heteroatoms. The van der Waals surface area contributed by atoms with Gasteiger partial charge in [0.1, 0.15) is 5.75 Å². The third-order valence-electron chi connectivity index (χ3n) is 2.62. The van der Waals surface area contributed by atoms with Crippen molar-refractivity contribution < 1.29 is 9.53 Å². The number of rotatable bonds is 5. The highest BCUT2D eigenvalue weighted by atomic mass is 16.5. The van der Waals surface area contributed by atoms with E-state index in [0.717, 1.165) is 23.1 Å². The zero-order valence-electron chi connectivity index (χ0n) is 9.82. The Morgan fingerprint density at radius 3 is 3.12 bits per heavy atom. The van der Waals surface area contributed by atoms with E-state index in [1.165, 1.54) is 0 Å². The second-order valence-corrected chi connectivity index (χ2v) is 3.85. The molecule has 17 heavy (non-hydrogen) atoms. The summed E-state index contributed by atoms with van der Waals surface area (Å²) in [5.74, 6) is 0.892. The third kappa shape index (κ3) is 3.00. The van der Waals surface area contributed by atoms with Crippen molar-refractivity contribution in [3.05, 3.63) is 30.5 Å². The predicted molar refractivity (Wildman–Crippen MR) is 67.1 cm³/mol. The molecule has 1 aromatic heterocycles. The Morgan fingerprint density at radius 1 is 1.41 bits per heavy atom. The molecule has 0 atom stereocenters. The lowest BCUT2D eigenvalue weighted by atomic mass is 10.2. The van der Waals surface area contributed by atoms with Crippen molar-refractivity contribution in [1.29, 1.82) is 0 Å². The summed E-state index contributed by atoms with van der Waals surface area (Å²) in [6.07, 6.45) is 3.13. The summed E-state index contributed by atoms with van der Waals surface area (Å²) >= 11 is 0. The molecular formula is C13H16N2O2. The van der Waals surface area contributed by atoms with Crippen LogP contribution in [0.3, 0.4) is 0 Å². The Labute approximate surface area is 100.0 Å². The van der Waals surface area contributed by atoms with Crippen molar-refractivity contribution in [1.82, 2.24) is 10.3 Å². The molecule has 0 aliphatic rings. The summed E-state index contributed by atoms with van der Waals surface area (Å²) in [6, 6.07) is 7.92. The largest absolute Gasteiger partial charge is 0.494 e. The van der Waals surface area contributed by atoms with Crippen molar-refractivity contribution in [2.75, 3.05) is 13.7 Å². The van der Waals surface area contributed by atoms with E-state index in [2.05, 4.69) is 10.3 Å². The van der Waals surface area contributed by atoms with E-state index in [1.54, 1.807) is 7.05 Å². The van der Waals surface area contributed by atoms with Gasteiger partial charge in [0.05, 0.1) is 6.61 Å². The van der Waals surface area contributed by atoms with Gasteiger partial charge in [0.25, 0.3) is 0 Å². The smallest absolute Gasteiger partial charge is 0.219 e. The Morgan fingerprint density at radius 2 is 2.29 bits per heavy atom. The Hall–Kier alpha value is -1.97. The van der Waals surface area contributed by atoms with Gasteiger partial charge < -0.3 is 15.0 Å². The molecule has 0 aliphatic carbocycles. The summed E-state index contributed by atoms with van der Waals surface area (Å²) in [4.78, 5) is 14.1. The zero-order valence-corrected chi connectivity index (χ0v) is 9.82. The molecule has 0 aliphatic heterocycles. The molecule has 0 saturated heterocycles. The molecule has 1 aromatic carbocycles. The summed E-state index contributed by atoms with van der Waals surface area (Å²) in [5.41, 5.74) is 1.10. The number of ether oxygens (including phenoxy) is 1. The minimum Gasteiger partial charge on any atom is -0.494 e. The van der Waals surface area contributed by atoms with Crippen LogP contribution in [0.2, 0.25) is 0 Å². The molecule has 2 rings (SSSR count). The lowest BCUT2D eigenvalue weighted by molar-refractivity contribution is -0.120. The zero-order chi connectivity index (χ0) is 12.1. The molecule has 90 valence electrons. The van der Waals surface area contributed by atoms with Gasteiger partial charge in [-0.15, -0.1) is 0 Å². The fourth-order valence-electron chi connectivity index (χ4n) is 1.67. The van der Waals surface area contributed by atoms with Crippen LogP contribution in [0.5, 0.6) is 5.75 Å². The molecule has 0 unspecified atom stereocenters. The summed E-state index contributed by atoms with van der Waals surface area (Å²) < 4.78 is 5.58. The highest BCUT2D eigenvalue weighted by molar-refractivity contribution is 5.80. The highest BCUT2D eigenvalue weighted by Crippen LogP contribution is 2.19. The Kier molecular flexibility index (Phi) is 3.65. The van der Waals surface area contributed by atoms with Crippen molar-refractivity contribution in [2.45, 2.75) is 12.8 Å². The van der Waals surface area contributed by atoms with Gasteiger partial charge in [0, 0.05) is 30.6 Å². The normalized spacial score (nSPS) is 10.4. The lowest BCUT2D eigenvalue weighted by Crippen LogP contribution is -2.18. The number of hydrogen-bond donors (Lipinski definition) is 2. The second-order valence-electron chi connectivity index (χ2n) is 3.85. The topological polar surface area (TPSA) is 54.1 Å². The summed E-state index contributed by atoms with van der Waals surface area (Å²) in [6.45, 7) is 0.559. The van der Waals surface area contributed by atoms with Crippen LogP contribution >= 0.6 is 0 Å². The number of nitrogens with one attached hydrogen (secondary N) is 2. The predicted octanol–water partition coefficient (Wildman–Crippen LogP) is 2.07. The number of hydrogen-bond acceptors (Lipinski definition) is 2. The average Bonchev–Trinajstić information content (AvgIpc) is 2.81. The van der Waals surface area contributed by atoms with Crippen molar-refractivity contribution in [3.8, 4) is 5.75 Å². The quantitative estimate of drug-likeness (QED) is 0.775. The van der Waals surface area contributed by atoms with E-state index in [-0.39, 0.29) is 5.91 Å². The Balaban J connectivity index is 1.84. The lowest BCUT2D eigenvalue weighted by Gasteiger charge is -2.05. The van der Waals surface area contributed by atoms with Gasteiger partial charge in [0.2, 0.25) is 5.91 Å². The van der Waals surface area contributed by atoms with E-state index in [1.807, 2.05) is 30.5 Å². The number of amides is 1. The number of aromatic nitrogens is 1. The molecule has 2 N–H and O–H groups in total. The molecule has 1 amide bonds. The van der Waals surface area contributed by atoms with Gasteiger partial charge in [-0.25, -0.2) is 0 Å². The van der Waals surface area contributed by atoms with Gasteiger partial charge in [0.15, 0.2) is 0 Å². The first kappa shape index (κ1) is 11.5. The van der Waals surface area contributed by atoms with Gasteiger partial charge >= 0.3 is 0 Å². The van der Waals surface area contributed by atoms with Gasteiger partial charge in [-0.3, -0.25) is 4.79 Å². The molecule has 0 saturated carbocycles. The first-order valence-electron chi connectivity index (χ1n) is 5.70. The van der Waals surface area contributed by atoms with Crippen LogP contribution in [0.1, 0.15) is 12.8 Å². The van der Waals surface area contributed by atoms with Crippen LogP contribution in [0, 0.1) is 0 Å². The maximum absolute atomic E-state index is 11.0. The molecule has 2 aromatic rings. The molecule has 0 bridgehead atoms. The minimum absolute atomic E-state index is 0.0506. The van der Waals surface area contributed by atoms with Crippen LogP contribution in [0.25, 0.3) is 10.9 Å². The maximum atomic E-state index is 11.0. The SMILES string of the molecule is CNC(=O)CCCOc1ccc2[nH]ccc2c1. The van der Waals surface area contributed by atoms with Crippen LogP contribution in [-0.2, 0) is 4.79 Å². The number of carbonyl (C=O) groups excluding carboxylic acids is 1. The summed E-state index contributed by atoms with van der Waals surface area (Å²) in [7, 11) is 1.64. The number of fused-ring (bicyclic) bond motifs is 1. The third-order valence-corrected chi connectivity index (χ3v) is 2.62. The van der Waals surface area contributed by atoms with Crippen molar-refractivity contribution in [2.24, 2.45) is 0 Å². The van der Waals surface area contributed by atoms with E-state index >= 15 is 0 Å². The van der Waals surface area contributed by atoms with Crippen LogP contribution in [-0.4, -0.2) is 24.5 Å². The van der Waals surface area contributed by atoms with Crippen LogP contribution in [0.4, 0.5) is 0 Å². The maximum Gasteiger partial charge on any atom is 0.219 e.